The summed E-state index contributed by atoms with van der Waals surface area (Å²) in [6, 6.07) is 10.7. The number of nitrogens with zero attached hydrogens (tertiary/aromatic N) is 4. The monoisotopic (exact) mass is 258 g/mol. The van der Waals surface area contributed by atoms with Gasteiger partial charge in [0.25, 0.3) is 0 Å². The molecule has 0 radical (unpaired) electrons. The van der Waals surface area contributed by atoms with Gasteiger partial charge in [-0.2, -0.15) is 5.11 Å². The summed E-state index contributed by atoms with van der Waals surface area (Å²) in [6.07, 6.45) is 4.15. The molecule has 0 spiro atoms. The van der Waals surface area contributed by atoms with E-state index in [9.17, 15) is 0 Å². The van der Waals surface area contributed by atoms with Crippen molar-refractivity contribution in [1.29, 1.82) is 0 Å². The minimum Gasteiger partial charge on any atom is -0.334 e. The third-order valence-corrected chi connectivity index (χ3v) is 3.17. The predicted molar refractivity (Wildman–Crippen MR) is 77.8 cm³/mol. The highest BCUT2D eigenvalue weighted by atomic mass is 15.5. The van der Waals surface area contributed by atoms with Crippen molar-refractivity contribution in [2.45, 2.75) is 46.1 Å². The lowest BCUT2D eigenvalue weighted by molar-refractivity contribution is 0.107. The summed E-state index contributed by atoms with van der Waals surface area (Å²) in [5.74, 6) is 0. The van der Waals surface area contributed by atoms with Crippen LogP contribution in [-0.2, 0) is 0 Å². The zero-order chi connectivity index (χ0) is 13.8. The van der Waals surface area contributed by atoms with E-state index in [0.29, 0.717) is 12.1 Å². The smallest absolute Gasteiger partial charge is 0.218 e. The highest BCUT2D eigenvalue weighted by Gasteiger charge is 2.29. The van der Waals surface area contributed by atoms with Gasteiger partial charge in [0.2, 0.25) is 6.29 Å². The van der Waals surface area contributed by atoms with Gasteiger partial charge in [-0.05, 0) is 39.8 Å². The minimum absolute atomic E-state index is 0.0415. The lowest BCUT2D eigenvalue weighted by Gasteiger charge is -2.33. The molecule has 0 aliphatic carbocycles. The Hall–Kier alpha value is -1.84. The molecule has 19 heavy (non-hydrogen) atoms. The van der Waals surface area contributed by atoms with Crippen LogP contribution < -0.4 is 0 Å². The molecular formula is C15H22N4. The second kappa shape index (κ2) is 5.87. The van der Waals surface area contributed by atoms with E-state index in [1.165, 1.54) is 0 Å². The first-order valence-electron chi connectivity index (χ1n) is 6.78. The highest BCUT2D eigenvalue weighted by Crippen LogP contribution is 2.24. The third kappa shape index (κ3) is 3.13. The normalized spacial score (nSPS) is 16.5. The summed E-state index contributed by atoms with van der Waals surface area (Å²) in [7, 11) is 0. The molecule has 1 aromatic rings. The van der Waals surface area contributed by atoms with Gasteiger partial charge in [-0.25, -0.2) is 0 Å². The Balaban J connectivity index is 2.17. The van der Waals surface area contributed by atoms with Crippen molar-refractivity contribution in [3.8, 4) is 0 Å². The van der Waals surface area contributed by atoms with E-state index < -0.39 is 0 Å². The maximum absolute atomic E-state index is 4.51. The Morgan fingerprint density at radius 3 is 1.89 bits per heavy atom. The molecule has 1 aliphatic rings. The van der Waals surface area contributed by atoms with Crippen LogP contribution in [0.3, 0.4) is 0 Å². The molecule has 0 saturated carbocycles. The molecule has 1 aromatic carbocycles. The van der Waals surface area contributed by atoms with E-state index in [0.717, 1.165) is 5.69 Å². The number of hydrogen-bond donors (Lipinski definition) is 0. The molecule has 1 aliphatic heterocycles. The van der Waals surface area contributed by atoms with Gasteiger partial charge in [-0.15, -0.1) is 5.11 Å². The van der Waals surface area contributed by atoms with Gasteiger partial charge in [0.15, 0.2) is 0 Å². The maximum atomic E-state index is 4.51. The van der Waals surface area contributed by atoms with Gasteiger partial charge >= 0.3 is 0 Å². The molecule has 0 N–H and O–H groups in total. The summed E-state index contributed by atoms with van der Waals surface area (Å²) in [4.78, 5) is 4.43. The van der Waals surface area contributed by atoms with Gasteiger partial charge in [-0.3, -0.25) is 0 Å². The fraction of sp³-hybridized carbons (Fsp3) is 0.467. The first kappa shape index (κ1) is 13.6. The van der Waals surface area contributed by atoms with Crippen molar-refractivity contribution in [1.82, 2.24) is 9.80 Å². The van der Waals surface area contributed by atoms with Gasteiger partial charge in [-0.1, -0.05) is 18.2 Å². The summed E-state index contributed by atoms with van der Waals surface area (Å²) in [5, 5.41) is 8.87. The van der Waals surface area contributed by atoms with Crippen molar-refractivity contribution < 1.29 is 0 Å². The van der Waals surface area contributed by atoms with Crippen LogP contribution in [-0.4, -0.2) is 28.2 Å². The molecule has 102 valence electrons. The van der Waals surface area contributed by atoms with Crippen molar-refractivity contribution in [3.63, 3.8) is 0 Å². The topological polar surface area (TPSA) is 31.2 Å². The molecular weight excluding hydrogens is 236 g/mol. The fourth-order valence-electron chi connectivity index (χ4n) is 2.07. The van der Waals surface area contributed by atoms with E-state index in [1.807, 2.05) is 30.3 Å². The molecule has 0 aromatic heterocycles. The molecule has 0 amide bonds. The summed E-state index contributed by atoms with van der Waals surface area (Å²) < 4.78 is 0. The van der Waals surface area contributed by atoms with Crippen LogP contribution in [0.15, 0.2) is 53.0 Å². The second-order valence-electron chi connectivity index (χ2n) is 5.28. The molecule has 0 saturated heterocycles. The average Bonchev–Trinajstić information content (AvgIpc) is 2.81. The number of azo groups is 1. The Morgan fingerprint density at radius 1 is 0.895 bits per heavy atom. The molecule has 4 nitrogen and oxygen atoms in total. The third-order valence-electron chi connectivity index (χ3n) is 3.17. The van der Waals surface area contributed by atoms with Crippen LogP contribution in [0.5, 0.6) is 0 Å². The minimum atomic E-state index is -0.0415. The Morgan fingerprint density at radius 2 is 1.42 bits per heavy atom. The first-order valence-corrected chi connectivity index (χ1v) is 6.78. The maximum Gasteiger partial charge on any atom is 0.218 e. The van der Waals surface area contributed by atoms with Crippen molar-refractivity contribution in [3.05, 3.63) is 42.7 Å². The molecule has 4 heteroatoms. The number of rotatable bonds is 4. The van der Waals surface area contributed by atoms with Crippen LogP contribution >= 0.6 is 0 Å². The lowest BCUT2D eigenvalue weighted by atomic mass is 10.3. The number of hydrogen-bond acceptors (Lipinski definition) is 4. The van der Waals surface area contributed by atoms with Crippen molar-refractivity contribution in [2.24, 2.45) is 10.2 Å². The van der Waals surface area contributed by atoms with Crippen LogP contribution in [0.25, 0.3) is 0 Å². The quantitative estimate of drug-likeness (QED) is 0.765. The zero-order valence-corrected chi connectivity index (χ0v) is 12.1. The molecule has 1 heterocycles. The molecule has 0 fully saturated rings. The SMILES string of the molecule is CC(C)N1C=CN(C(C)C)C1N=Nc1ccccc1. The van der Waals surface area contributed by atoms with Gasteiger partial charge in [0.1, 0.15) is 0 Å². The molecule has 0 bridgehead atoms. The Kier molecular flexibility index (Phi) is 4.20. The Bertz CT molecular complexity index is 432. The summed E-state index contributed by atoms with van der Waals surface area (Å²) in [5.41, 5.74) is 0.891. The average molecular weight is 258 g/mol. The fourth-order valence-corrected chi connectivity index (χ4v) is 2.07. The Labute approximate surface area is 115 Å². The highest BCUT2D eigenvalue weighted by molar-refractivity contribution is 5.34. The van der Waals surface area contributed by atoms with E-state index in [4.69, 9.17) is 0 Å². The van der Waals surface area contributed by atoms with Crippen LogP contribution in [0.1, 0.15) is 27.7 Å². The largest absolute Gasteiger partial charge is 0.334 e. The summed E-state index contributed by atoms with van der Waals surface area (Å²) in [6.45, 7) is 8.66. The van der Waals surface area contributed by atoms with E-state index in [2.05, 4.69) is 60.1 Å². The van der Waals surface area contributed by atoms with Crippen LogP contribution in [0.2, 0.25) is 0 Å². The van der Waals surface area contributed by atoms with Crippen molar-refractivity contribution >= 4 is 5.69 Å². The number of benzene rings is 1. The lowest BCUT2D eigenvalue weighted by Crippen LogP contribution is -2.43. The van der Waals surface area contributed by atoms with Gasteiger partial charge in [0.05, 0.1) is 5.69 Å². The molecule has 0 atom stereocenters. The van der Waals surface area contributed by atoms with Gasteiger partial charge < -0.3 is 9.80 Å². The van der Waals surface area contributed by atoms with E-state index in [-0.39, 0.29) is 6.29 Å². The predicted octanol–water partition coefficient (Wildman–Crippen LogP) is 3.96. The first-order chi connectivity index (χ1) is 9.09. The van der Waals surface area contributed by atoms with Crippen molar-refractivity contribution in [2.75, 3.05) is 0 Å². The summed E-state index contributed by atoms with van der Waals surface area (Å²) >= 11 is 0. The standard InChI is InChI=1S/C15H22N4/c1-12(2)18-10-11-19(13(3)4)15(18)17-16-14-8-6-5-7-9-14/h5-13,15H,1-4H3. The van der Waals surface area contributed by atoms with Gasteiger partial charge in [0, 0.05) is 24.5 Å². The van der Waals surface area contributed by atoms with Crippen LogP contribution in [0.4, 0.5) is 5.69 Å². The van der Waals surface area contributed by atoms with E-state index in [1.54, 1.807) is 0 Å². The van der Waals surface area contributed by atoms with E-state index >= 15 is 0 Å². The van der Waals surface area contributed by atoms with Crippen LogP contribution in [0, 0.1) is 0 Å². The molecule has 0 unspecified atom stereocenters. The zero-order valence-electron chi connectivity index (χ0n) is 12.1. The second-order valence-corrected chi connectivity index (χ2v) is 5.28. The molecule has 2 rings (SSSR count).